The number of nitrogens with one attached hydrogen (secondary N) is 1. The third-order valence-electron chi connectivity index (χ3n) is 3.96. The molecule has 1 N–H and O–H groups in total. The maximum atomic E-state index is 12.2. The largest absolute Gasteiger partial charge is 0.457 e. The zero-order chi connectivity index (χ0) is 18.2. The van der Waals surface area contributed by atoms with Crippen molar-refractivity contribution in [1.82, 2.24) is 4.90 Å². The lowest BCUT2D eigenvalue weighted by Crippen LogP contribution is -2.42. The van der Waals surface area contributed by atoms with Crippen molar-refractivity contribution in [3.8, 4) is 11.5 Å². The number of carbonyl (C=O) groups is 2. The van der Waals surface area contributed by atoms with Crippen LogP contribution in [0.3, 0.4) is 0 Å². The average molecular weight is 340 g/mol. The number of hydrogen-bond acceptors (Lipinski definition) is 3. The molecule has 0 saturated heterocycles. The van der Waals surface area contributed by atoms with Gasteiger partial charge in [-0.05, 0) is 49.7 Å². The van der Waals surface area contributed by atoms with Crippen LogP contribution >= 0.6 is 0 Å². The van der Waals surface area contributed by atoms with Crippen molar-refractivity contribution in [3.63, 3.8) is 0 Å². The van der Waals surface area contributed by atoms with Gasteiger partial charge in [-0.15, -0.1) is 0 Å². The number of rotatable bonds is 7. The van der Waals surface area contributed by atoms with E-state index in [1.807, 2.05) is 44.2 Å². The molecule has 2 aromatic carbocycles. The van der Waals surface area contributed by atoms with E-state index >= 15 is 0 Å². The van der Waals surface area contributed by atoms with Gasteiger partial charge < -0.3 is 15.0 Å². The van der Waals surface area contributed by atoms with Gasteiger partial charge in [0.15, 0.2) is 0 Å². The molecule has 0 aromatic heterocycles. The Bertz CT molecular complexity index is 699. The normalized spacial score (nSPS) is 11.5. The molecule has 2 aromatic rings. The molecule has 5 heteroatoms. The quantitative estimate of drug-likeness (QED) is 0.827. The van der Waals surface area contributed by atoms with Crippen LogP contribution in [0.25, 0.3) is 0 Å². The molecule has 1 unspecified atom stereocenters. The second kappa shape index (κ2) is 8.87. The molecular weight excluding hydrogens is 316 g/mol. The fourth-order valence-corrected chi connectivity index (χ4v) is 2.38. The zero-order valence-corrected chi connectivity index (χ0v) is 14.9. The van der Waals surface area contributed by atoms with Crippen LogP contribution in [0.4, 0.5) is 5.69 Å². The fourth-order valence-electron chi connectivity index (χ4n) is 2.38. The van der Waals surface area contributed by atoms with E-state index in [2.05, 4.69) is 5.32 Å². The van der Waals surface area contributed by atoms with Gasteiger partial charge in [0.25, 0.3) is 0 Å². The van der Waals surface area contributed by atoms with Crippen LogP contribution in [0.5, 0.6) is 11.5 Å². The highest BCUT2D eigenvalue weighted by atomic mass is 16.5. The van der Waals surface area contributed by atoms with Gasteiger partial charge in [-0.25, -0.2) is 0 Å². The number of para-hydroxylation sites is 1. The highest BCUT2D eigenvalue weighted by Gasteiger charge is 2.18. The smallest absolute Gasteiger partial charge is 0.244 e. The van der Waals surface area contributed by atoms with Crippen LogP contribution in [-0.4, -0.2) is 29.3 Å². The predicted molar refractivity (Wildman–Crippen MR) is 98.7 cm³/mol. The fraction of sp³-hybridized carbons (Fsp3) is 0.300. The second-order valence-electron chi connectivity index (χ2n) is 5.89. The minimum Gasteiger partial charge on any atom is -0.457 e. The van der Waals surface area contributed by atoms with Crippen molar-refractivity contribution in [2.45, 2.75) is 33.2 Å². The molecule has 0 aliphatic heterocycles. The maximum Gasteiger partial charge on any atom is 0.244 e. The van der Waals surface area contributed by atoms with Crippen LogP contribution in [0.15, 0.2) is 54.6 Å². The molecule has 1 atom stereocenters. The first kappa shape index (κ1) is 18.5. The summed E-state index contributed by atoms with van der Waals surface area (Å²) in [5.41, 5.74) is 0.665. The average Bonchev–Trinajstić information content (AvgIpc) is 2.61. The third-order valence-corrected chi connectivity index (χ3v) is 3.96. The highest BCUT2D eigenvalue weighted by Crippen LogP contribution is 2.22. The van der Waals surface area contributed by atoms with Crippen LogP contribution in [0.2, 0.25) is 0 Å². The van der Waals surface area contributed by atoms with Gasteiger partial charge in [0, 0.05) is 18.7 Å². The Morgan fingerprint density at radius 2 is 1.64 bits per heavy atom. The molecule has 25 heavy (non-hydrogen) atoms. The summed E-state index contributed by atoms with van der Waals surface area (Å²) in [7, 11) is 0. The lowest BCUT2D eigenvalue weighted by molar-refractivity contribution is -0.134. The van der Waals surface area contributed by atoms with E-state index in [0.29, 0.717) is 11.4 Å². The number of anilines is 1. The minimum absolute atomic E-state index is 0.0323. The summed E-state index contributed by atoms with van der Waals surface area (Å²) < 4.78 is 5.71. The summed E-state index contributed by atoms with van der Waals surface area (Å²) in [4.78, 5) is 25.4. The summed E-state index contributed by atoms with van der Waals surface area (Å²) in [5, 5.41) is 2.81. The van der Waals surface area contributed by atoms with E-state index in [1.54, 1.807) is 29.2 Å². The lowest BCUT2D eigenvalue weighted by atomic mass is 10.2. The molecule has 0 fully saturated rings. The molecule has 0 radical (unpaired) electrons. The minimum atomic E-state index is -0.216. The molecule has 2 amide bonds. The highest BCUT2D eigenvalue weighted by molar-refractivity contribution is 5.94. The Labute approximate surface area is 148 Å². The maximum absolute atomic E-state index is 12.2. The molecule has 0 bridgehead atoms. The van der Waals surface area contributed by atoms with Crippen molar-refractivity contribution < 1.29 is 14.3 Å². The van der Waals surface area contributed by atoms with E-state index in [1.165, 1.54) is 6.92 Å². The Morgan fingerprint density at radius 1 is 1.04 bits per heavy atom. The molecule has 0 aliphatic carbocycles. The number of carbonyl (C=O) groups excluding carboxylic acids is 2. The first-order valence-corrected chi connectivity index (χ1v) is 8.39. The van der Waals surface area contributed by atoms with Gasteiger partial charge in [0.2, 0.25) is 11.8 Å². The molecular formula is C20H24N2O3. The van der Waals surface area contributed by atoms with Crippen LogP contribution in [0.1, 0.15) is 27.2 Å². The van der Waals surface area contributed by atoms with Crippen molar-refractivity contribution in [2.75, 3.05) is 11.9 Å². The molecule has 0 spiro atoms. The van der Waals surface area contributed by atoms with Crippen molar-refractivity contribution in [2.24, 2.45) is 0 Å². The molecule has 0 aliphatic rings. The molecule has 0 saturated carbocycles. The van der Waals surface area contributed by atoms with E-state index in [-0.39, 0.29) is 24.4 Å². The van der Waals surface area contributed by atoms with Gasteiger partial charge >= 0.3 is 0 Å². The van der Waals surface area contributed by atoms with Gasteiger partial charge in [-0.1, -0.05) is 25.1 Å². The monoisotopic (exact) mass is 340 g/mol. The van der Waals surface area contributed by atoms with Gasteiger partial charge in [-0.3, -0.25) is 9.59 Å². The number of hydrogen-bond donors (Lipinski definition) is 1. The van der Waals surface area contributed by atoms with Gasteiger partial charge in [0.1, 0.15) is 18.0 Å². The van der Waals surface area contributed by atoms with Gasteiger partial charge in [-0.2, -0.15) is 0 Å². The summed E-state index contributed by atoms with van der Waals surface area (Å²) in [5.74, 6) is 1.13. The first-order chi connectivity index (χ1) is 12.0. The summed E-state index contributed by atoms with van der Waals surface area (Å²) >= 11 is 0. The van der Waals surface area contributed by atoms with Crippen LogP contribution < -0.4 is 10.1 Å². The molecule has 5 nitrogen and oxygen atoms in total. The van der Waals surface area contributed by atoms with Crippen LogP contribution in [-0.2, 0) is 9.59 Å². The van der Waals surface area contributed by atoms with Gasteiger partial charge in [0.05, 0.1) is 0 Å². The lowest BCUT2D eigenvalue weighted by Gasteiger charge is -2.26. The van der Waals surface area contributed by atoms with Crippen LogP contribution in [0, 0.1) is 0 Å². The summed E-state index contributed by atoms with van der Waals surface area (Å²) in [6.07, 6.45) is 0.804. The molecule has 2 rings (SSSR count). The van der Waals surface area contributed by atoms with E-state index in [4.69, 9.17) is 4.74 Å². The number of amides is 2. The van der Waals surface area contributed by atoms with Crippen molar-refractivity contribution in [1.29, 1.82) is 0 Å². The zero-order valence-electron chi connectivity index (χ0n) is 14.9. The Morgan fingerprint density at radius 3 is 2.20 bits per heavy atom. The summed E-state index contributed by atoms with van der Waals surface area (Å²) in [6, 6.07) is 16.7. The molecule has 0 heterocycles. The SMILES string of the molecule is CCC(C)N(CC(=O)Nc1ccc(Oc2ccccc2)cc1)C(C)=O. The Hall–Kier alpha value is -2.82. The second-order valence-corrected chi connectivity index (χ2v) is 5.89. The van der Waals surface area contributed by atoms with E-state index < -0.39 is 0 Å². The topological polar surface area (TPSA) is 58.6 Å². The third kappa shape index (κ3) is 5.64. The van der Waals surface area contributed by atoms with E-state index in [0.717, 1.165) is 12.2 Å². The standard InChI is InChI=1S/C20H24N2O3/c1-4-15(2)22(16(3)23)14-20(24)21-17-10-12-19(13-11-17)25-18-8-6-5-7-9-18/h5-13,15H,4,14H2,1-3H3,(H,21,24). The number of ether oxygens (including phenoxy) is 1. The predicted octanol–water partition coefficient (Wildman–Crippen LogP) is 4.06. The van der Waals surface area contributed by atoms with Crippen molar-refractivity contribution in [3.05, 3.63) is 54.6 Å². The number of benzene rings is 2. The summed E-state index contributed by atoms with van der Waals surface area (Å²) in [6.45, 7) is 5.45. The first-order valence-electron chi connectivity index (χ1n) is 8.39. The Kier molecular flexibility index (Phi) is 6.57. The van der Waals surface area contributed by atoms with E-state index in [9.17, 15) is 9.59 Å². The Balaban J connectivity index is 1.94. The number of nitrogens with zero attached hydrogens (tertiary/aromatic N) is 1. The molecule has 132 valence electrons. The van der Waals surface area contributed by atoms with Crippen molar-refractivity contribution >= 4 is 17.5 Å².